The van der Waals surface area contributed by atoms with E-state index in [0.29, 0.717) is 16.9 Å². The number of hydrogen-bond acceptors (Lipinski definition) is 5. The van der Waals surface area contributed by atoms with Crippen LogP contribution in [-0.4, -0.2) is 33.0 Å². The number of nitriles is 1. The fourth-order valence-electron chi connectivity index (χ4n) is 2.92. The van der Waals surface area contributed by atoms with Crippen molar-refractivity contribution in [1.82, 2.24) is 4.90 Å². The zero-order valence-corrected chi connectivity index (χ0v) is 12.5. The van der Waals surface area contributed by atoms with E-state index in [4.69, 9.17) is 10.00 Å². The summed E-state index contributed by atoms with van der Waals surface area (Å²) in [4.78, 5) is 1.68. The van der Waals surface area contributed by atoms with Crippen LogP contribution in [0.5, 0.6) is 5.75 Å². The Hall–Kier alpha value is -2.29. The molecule has 2 N–H and O–H groups in total. The second kappa shape index (κ2) is 5.16. The molecule has 114 valence electrons. The third kappa shape index (κ3) is 2.27. The Morgan fingerprint density at radius 3 is 2.73 bits per heavy atom. The first-order valence-electron chi connectivity index (χ1n) is 7.15. The molecule has 1 aromatic carbocycles. The maximum Gasteiger partial charge on any atom is 0.146 e. The largest absolute Gasteiger partial charge is 0.485 e. The lowest BCUT2D eigenvalue weighted by Crippen LogP contribution is -2.54. The van der Waals surface area contributed by atoms with Gasteiger partial charge in [-0.1, -0.05) is 6.08 Å². The standard InChI is InChI=1S/C17H18N2O3/c1-17(2)16(21)15(19-8-4-3-5-14(19)20)12-9-11(10-18)6-7-13(12)22-17/h3-9,14-16,20-21H,1-2H3. The molecule has 3 rings (SSSR count). The molecule has 0 spiro atoms. The summed E-state index contributed by atoms with van der Waals surface area (Å²) in [5.41, 5.74) is 0.385. The fraction of sp³-hybridized carbons (Fsp3) is 0.353. The summed E-state index contributed by atoms with van der Waals surface area (Å²) >= 11 is 0. The molecule has 5 heteroatoms. The summed E-state index contributed by atoms with van der Waals surface area (Å²) in [5, 5.41) is 30.1. The highest BCUT2D eigenvalue weighted by molar-refractivity contribution is 5.46. The molecule has 22 heavy (non-hydrogen) atoms. The van der Waals surface area contributed by atoms with Gasteiger partial charge in [0.15, 0.2) is 0 Å². The molecule has 0 bridgehead atoms. The zero-order valence-electron chi connectivity index (χ0n) is 12.5. The first-order valence-corrected chi connectivity index (χ1v) is 7.15. The Kier molecular flexibility index (Phi) is 3.44. The molecule has 3 unspecified atom stereocenters. The van der Waals surface area contributed by atoms with Gasteiger partial charge in [0.05, 0.1) is 17.7 Å². The molecule has 0 fully saturated rings. The number of fused-ring (bicyclic) bond motifs is 1. The molecule has 0 amide bonds. The molecular weight excluding hydrogens is 280 g/mol. The van der Waals surface area contributed by atoms with Crippen LogP contribution >= 0.6 is 0 Å². The van der Waals surface area contributed by atoms with Crippen molar-refractivity contribution in [2.24, 2.45) is 0 Å². The number of ether oxygens (including phenoxy) is 1. The molecule has 0 saturated heterocycles. The smallest absolute Gasteiger partial charge is 0.146 e. The van der Waals surface area contributed by atoms with Crippen LogP contribution in [0.4, 0.5) is 0 Å². The average Bonchev–Trinajstić information content (AvgIpc) is 2.49. The molecule has 1 aromatic rings. The van der Waals surface area contributed by atoms with E-state index < -0.39 is 24.0 Å². The highest BCUT2D eigenvalue weighted by Gasteiger charge is 2.46. The number of rotatable bonds is 1. The molecule has 2 aliphatic rings. The third-order valence-electron chi connectivity index (χ3n) is 4.12. The number of benzene rings is 1. The number of hydrogen-bond donors (Lipinski definition) is 2. The van der Waals surface area contributed by atoms with Crippen molar-refractivity contribution >= 4 is 0 Å². The molecule has 0 aliphatic carbocycles. The minimum Gasteiger partial charge on any atom is -0.485 e. The van der Waals surface area contributed by atoms with Gasteiger partial charge in [-0.15, -0.1) is 0 Å². The summed E-state index contributed by atoms with van der Waals surface area (Å²) in [6, 6.07) is 6.73. The highest BCUT2D eigenvalue weighted by atomic mass is 16.5. The molecule has 3 atom stereocenters. The van der Waals surface area contributed by atoms with E-state index in [9.17, 15) is 10.2 Å². The number of allylic oxidation sites excluding steroid dienone is 2. The lowest BCUT2D eigenvalue weighted by Gasteiger charge is -2.47. The summed E-state index contributed by atoms with van der Waals surface area (Å²) in [6.45, 7) is 3.61. The van der Waals surface area contributed by atoms with Crippen LogP contribution in [0.2, 0.25) is 0 Å². The lowest BCUT2D eigenvalue weighted by molar-refractivity contribution is -0.106. The topological polar surface area (TPSA) is 76.7 Å². The predicted molar refractivity (Wildman–Crippen MR) is 80.7 cm³/mol. The van der Waals surface area contributed by atoms with Crippen LogP contribution in [0.15, 0.2) is 42.6 Å². The first kappa shape index (κ1) is 14.6. The van der Waals surface area contributed by atoms with Gasteiger partial charge in [-0.05, 0) is 44.2 Å². The van der Waals surface area contributed by atoms with Gasteiger partial charge < -0.3 is 19.8 Å². The Morgan fingerprint density at radius 2 is 2.05 bits per heavy atom. The fourth-order valence-corrected chi connectivity index (χ4v) is 2.92. The Balaban J connectivity index is 2.13. The number of aliphatic hydroxyl groups excluding tert-OH is 2. The van der Waals surface area contributed by atoms with Gasteiger partial charge in [0.2, 0.25) is 0 Å². The van der Waals surface area contributed by atoms with Gasteiger partial charge in [0.25, 0.3) is 0 Å². The van der Waals surface area contributed by atoms with E-state index in [1.807, 2.05) is 13.8 Å². The van der Waals surface area contributed by atoms with Crippen molar-refractivity contribution in [2.75, 3.05) is 0 Å². The maximum absolute atomic E-state index is 10.8. The van der Waals surface area contributed by atoms with E-state index >= 15 is 0 Å². The van der Waals surface area contributed by atoms with Crippen LogP contribution in [0.1, 0.15) is 31.0 Å². The maximum atomic E-state index is 10.8. The van der Waals surface area contributed by atoms with Gasteiger partial charge >= 0.3 is 0 Å². The van der Waals surface area contributed by atoms with Crippen molar-refractivity contribution < 1.29 is 14.9 Å². The van der Waals surface area contributed by atoms with Crippen LogP contribution in [-0.2, 0) is 0 Å². The van der Waals surface area contributed by atoms with E-state index in [0.717, 1.165) is 0 Å². The Morgan fingerprint density at radius 1 is 1.27 bits per heavy atom. The van der Waals surface area contributed by atoms with Crippen LogP contribution in [0, 0.1) is 11.3 Å². The molecule has 2 aliphatic heterocycles. The molecule has 0 saturated carbocycles. The van der Waals surface area contributed by atoms with Gasteiger partial charge in [-0.25, -0.2) is 0 Å². The normalized spacial score (nSPS) is 28.7. The SMILES string of the molecule is CC1(C)Oc2ccc(C#N)cc2C(N2C=CC=CC2O)C1O. The van der Waals surface area contributed by atoms with Crippen molar-refractivity contribution in [2.45, 2.75) is 37.8 Å². The van der Waals surface area contributed by atoms with Gasteiger partial charge in [0, 0.05) is 11.8 Å². The second-order valence-corrected chi connectivity index (χ2v) is 6.05. The van der Waals surface area contributed by atoms with Crippen molar-refractivity contribution in [1.29, 1.82) is 5.26 Å². The van der Waals surface area contributed by atoms with Gasteiger partial charge in [-0.2, -0.15) is 5.26 Å². The van der Waals surface area contributed by atoms with Crippen molar-refractivity contribution in [3.05, 3.63) is 53.8 Å². The van der Waals surface area contributed by atoms with Crippen LogP contribution in [0.25, 0.3) is 0 Å². The van der Waals surface area contributed by atoms with Crippen LogP contribution in [0.3, 0.4) is 0 Å². The first-order chi connectivity index (χ1) is 10.4. The van der Waals surface area contributed by atoms with E-state index in [1.54, 1.807) is 47.5 Å². The van der Waals surface area contributed by atoms with E-state index in [2.05, 4.69) is 6.07 Å². The van der Waals surface area contributed by atoms with Crippen molar-refractivity contribution in [3.8, 4) is 11.8 Å². The minimum atomic E-state index is -0.861. The Labute approximate surface area is 129 Å². The second-order valence-electron chi connectivity index (χ2n) is 6.05. The van der Waals surface area contributed by atoms with E-state index in [1.165, 1.54) is 0 Å². The summed E-state index contributed by atoms with van der Waals surface area (Å²) < 4.78 is 5.88. The molecule has 2 heterocycles. The summed E-state index contributed by atoms with van der Waals surface area (Å²) in [5.74, 6) is 0.620. The Bertz CT molecular complexity index is 688. The van der Waals surface area contributed by atoms with Crippen molar-refractivity contribution in [3.63, 3.8) is 0 Å². The minimum absolute atomic E-state index is 0.491. The average molecular weight is 298 g/mol. The number of nitrogens with zero attached hydrogens (tertiary/aromatic N) is 2. The molecule has 0 aromatic heterocycles. The molecular formula is C17H18N2O3. The quantitative estimate of drug-likeness (QED) is 0.827. The van der Waals surface area contributed by atoms with Gasteiger partial charge in [-0.3, -0.25) is 0 Å². The van der Waals surface area contributed by atoms with Crippen LogP contribution < -0.4 is 4.74 Å². The highest BCUT2D eigenvalue weighted by Crippen LogP contribution is 2.44. The third-order valence-corrected chi connectivity index (χ3v) is 4.12. The summed E-state index contributed by atoms with van der Waals surface area (Å²) in [7, 11) is 0. The monoisotopic (exact) mass is 298 g/mol. The molecule has 5 nitrogen and oxygen atoms in total. The molecule has 0 radical (unpaired) electrons. The lowest BCUT2D eigenvalue weighted by atomic mass is 9.84. The zero-order chi connectivity index (χ0) is 15.9. The van der Waals surface area contributed by atoms with Gasteiger partial charge in [0.1, 0.15) is 23.7 Å². The predicted octanol–water partition coefficient (Wildman–Crippen LogP) is 1.84. The summed E-state index contributed by atoms with van der Waals surface area (Å²) in [6.07, 6.45) is 5.24. The van der Waals surface area contributed by atoms with E-state index in [-0.39, 0.29) is 0 Å². The number of aliphatic hydroxyl groups is 2.